The van der Waals surface area contributed by atoms with E-state index < -0.39 is 0 Å². The average Bonchev–Trinajstić information content (AvgIpc) is 1.55. The van der Waals surface area contributed by atoms with E-state index in [-0.39, 0.29) is 0 Å². The molecule has 0 bridgehead atoms. The van der Waals surface area contributed by atoms with Gasteiger partial charge >= 0.3 is 0 Å². The number of fused-ring (bicyclic) bond motifs is 42. The van der Waals surface area contributed by atoms with E-state index in [9.17, 15) is 0 Å². The van der Waals surface area contributed by atoms with Crippen molar-refractivity contribution >= 4 is 289 Å². The number of rotatable bonds is 3. The average molecular weight is 1620 g/mol. The molecule has 0 fully saturated rings. The van der Waals surface area contributed by atoms with Gasteiger partial charge in [-0.3, -0.25) is 0 Å². The molecule has 0 atom stereocenters. The first-order valence-corrected chi connectivity index (χ1v) is 44.7. The number of nitrogens with zero attached hydrogens (tertiary/aromatic N) is 3. The minimum absolute atomic E-state index is 0.850. The zero-order valence-corrected chi connectivity index (χ0v) is 67.8. The lowest BCUT2D eigenvalue weighted by Crippen LogP contribution is -1.93. The van der Waals surface area contributed by atoms with Crippen molar-refractivity contribution in [1.82, 2.24) is 13.7 Å². The van der Waals surface area contributed by atoms with Crippen LogP contribution in [0.25, 0.3) is 260 Å². The third kappa shape index (κ3) is 9.19. The van der Waals surface area contributed by atoms with E-state index in [1.807, 2.05) is 68.8 Å². The highest BCUT2D eigenvalue weighted by Crippen LogP contribution is 2.53. The molecule has 29 aromatic rings. The van der Waals surface area contributed by atoms with Crippen molar-refractivity contribution in [2.45, 2.75) is 6.42 Å². The van der Waals surface area contributed by atoms with Crippen molar-refractivity contribution < 1.29 is 13.3 Å². The number of hydrogen-bond acceptors (Lipinski definition) is 8. The van der Waals surface area contributed by atoms with Crippen molar-refractivity contribution in [3.05, 3.63) is 357 Å². The summed E-state index contributed by atoms with van der Waals surface area (Å²) < 4.78 is 40.5. The minimum atomic E-state index is 0.850. The van der Waals surface area contributed by atoms with Crippen LogP contribution in [0.1, 0.15) is 11.1 Å². The predicted molar refractivity (Wildman–Crippen MR) is 517 cm³/mol. The maximum absolute atomic E-state index is 6.91. The maximum atomic E-state index is 6.91. The molecular weight excluding hydrogens is 1560 g/mol. The topological polar surface area (TPSA) is 54.2 Å². The van der Waals surface area contributed by atoms with Gasteiger partial charge in [0, 0.05) is 172 Å². The smallest absolute Gasteiger partial charge is 0.147 e. The van der Waals surface area contributed by atoms with Crippen LogP contribution in [0.2, 0.25) is 0 Å². The molecule has 0 saturated heterocycles. The fourth-order valence-electron chi connectivity index (χ4n) is 20.5. The second-order valence-electron chi connectivity index (χ2n) is 31.8. The molecule has 1 aliphatic rings. The van der Waals surface area contributed by atoms with E-state index in [2.05, 4.69) is 347 Å². The molecule has 558 valence electrons. The highest BCUT2D eigenvalue weighted by molar-refractivity contribution is 7.28. The monoisotopic (exact) mass is 1620 g/mol. The summed E-state index contributed by atoms with van der Waals surface area (Å²) in [5.41, 5.74) is 22.0. The molecule has 30 rings (SSSR count). The highest BCUT2D eigenvalue weighted by atomic mass is 32.1. The first-order chi connectivity index (χ1) is 59.5. The molecule has 11 heteroatoms. The lowest BCUT2D eigenvalue weighted by atomic mass is 10.0. The Morgan fingerprint density at radius 3 is 1.12 bits per heavy atom. The van der Waals surface area contributed by atoms with E-state index in [1.54, 1.807) is 0 Å². The molecule has 0 amide bonds. The minimum Gasteiger partial charge on any atom is -0.456 e. The number of benzene rings is 18. The molecule has 120 heavy (non-hydrogen) atoms. The molecule has 0 unspecified atom stereocenters. The second kappa shape index (κ2) is 24.7. The Morgan fingerprint density at radius 2 is 0.575 bits per heavy atom. The van der Waals surface area contributed by atoms with Gasteiger partial charge in [0.05, 0.1) is 49.3 Å². The van der Waals surface area contributed by atoms with Crippen LogP contribution in [-0.2, 0) is 6.42 Å². The van der Waals surface area contributed by atoms with Gasteiger partial charge in [0.1, 0.15) is 33.5 Å². The highest BCUT2D eigenvalue weighted by Gasteiger charge is 2.28. The van der Waals surface area contributed by atoms with Crippen LogP contribution in [0.3, 0.4) is 0 Å². The Labute approximate surface area is 701 Å². The lowest BCUT2D eigenvalue weighted by molar-refractivity contribution is 0.664. The van der Waals surface area contributed by atoms with Crippen LogP contribution in [0.4, 0.5) is 0 Å². The molecule has 0 N–H and O–H groups in total. The third-order valence-corrected chi connectivity index (χ3v) is 31.5. The standard InChI is InChI=1S/C37H21NS2.C36H19NO2S.C36H19NOS2/c1-2-8-24-21(7-1)19-22-13-15-26-27-16-17-31-35(37(27)40-36(26)34(22)24)28-10-3-5-11-30(28)38(31)23-14-18-33-29(20-23)25-9-4-6-12-32(25)39-33;1-4-10-27-24(8-1)33-28(37(27)20-13-18-32-26(19-20)21-7-3-6-12-31(21)40-32)16-14-22-23-15-17-30-34(36(23)39-35(22)33)25-9-2-5-11-29(25)38-30;1-4-10-27-24(8-1)33-28(37(27)20-13-17-31-26(19-20)21-7-2-5-11-29(21)39-31)16-14-22-23-15-18-32-34(36(23)38-35(22)33)25-9-3-6-12-30(25)40-32/h1-18,20H,19H2;2*1-19H. The van der Waals surface area contributed by atoms with E-state index in [4.69, 9.17) is 13.3 Å². The Morgan fingerprint density at radius 1 is 0.200 bits per heavy atom. The fraction of sp³-hybridized carbons (Fsp3) is 0.00917. The van der Waals surface area contributed by atoms with Crippen LogP contribution < -0.4 is 0 Å². The van der Waals surface area contributed by atoms with Crippen LogP contribution >= 0.6 is 56.7 Å². The Kier molecular flexibility index (Phi) is 13.6. The van der Waals surface area contributed by atoms with Crippen molar-refractivity contribution in [2.24, 2.45) is 0 Å². The van der Waals surface area contributed by atoms with Gasteiger partial charge in [-0.05, 0) is 181 Å². The van der Waals surface area contributed by atoms with E-state index in [1.165, 1.54) is 194 Å². The van der Waals surface area contributed by atoms with Crippen molar-refractivity contribution in [3.8, 4) is 28.2 Å². The molecule has 11 aromatic heterocycles. The van der Waals surface area contributed by atoms with Gasteiger partial charge in [-0.2, -0.15) is 0 Å². The summed E-state index contributed by atoms with van der Waals surface area (Å²) in [5.74, 6) is 0. The number of aromatic nitrogens is 3. The fourth-order valence-corrected chi connectivity index (χ4v) is 26.3. The summed E-state index contributed by atoms with van der Waals surface area (Å²) >= 11 is 9.39. The summed E-state index contributed by atoms with van der Waals surface area (Å²) in [5, 5.41) is 27.2. The largest absolute Gasteiger partial charge is 0.456 e. The predicted octanol–water partition coefficient (Wildman–Crippen LogP) is 33.5. The maximum Gasteiger partial charge on any atom is 0.147 e. The van der Waals surface area contributed by atoms with Gasteiger partial charge in [0.2, 0.25) is 0 Å². The third-order valence-electron chi connectivity index (χ3n) is 25.6. The van der Waals surface area contributed by atoms with Crippen LogP contribution in [0.5, 0.6) is 0 Å². The number of furan rings is 3. The van der Waals surface area contributed by atoms with E-state index in [0.29, 0.717) is 0 Å². The van der Waals surface area contributed by atoms with Crippen LogP contribution in [0, 0.1) is 0 Å². The first-order valence-electron chi connectivity index (χ1n) is 40.6. The summed E-state index contributed by atoms with van der Waals surface area (Å²) in [4.78, 5) is 0. The van der Waals surface area contributed by atoms with Gasteiger partial charge in [-0.1, -0.05) is 188 Å². The SMILES string of the molecule is c1ccc2c(c1)Cc1ccc3c(sc4c3ccc3c4c4ccccc4n3-c3ccc4sc5ccccc5c4c3)c1-2.c1ccc2c(c1)oc1ccc3c4ccc5c(c6ccccc6n5-c5ccc6sc7ccccc7c6c5)c4oc3c12.c1ccc2c(c1)sc1ccc(-n3c4ccccc4c4c5oc6c(ccc7sc8ccccc8c76)c5ccc43)cc12. The van der Waals surface area contributed by atoms with Gasteiger partial charge in [0.25, 0.3) is 0 Å². The summed E-state index contributed by atoms with van der Waals surface area (Å²) in [6, 6.07) is 126. The normalized spacial score (nSPS) is 12.6. The molecule has 0 radical (unpaired) electrons. The molecule has 6 nitrogen and oxygen atoms in total. The number of thiophene rings is 5. The molecule has 0 aliphatic heterocycles. The Balaban J connectivity index is 0.0000000931. The second-order valence-corrected chi connectivity index (χ2v) is 37.2. The van der Waals surface area contributed by atoms with Crippen molar-refractivity contribution in [2.75, 3.05) is 0 Å². The van der Waals surface area contributed by atoms with Gasteiger partial charge in [-0.15, -0.1) is 56.7 Å². The Hall–Kier alpha value is -14.1. The lowest BCUT2D eigenvalue weighted by Gasteiger charge is -2.08. The van der Waals surface area contributed by atoms with E-state index >= 15 is 0 Å². The molecule has 18 aromatic carbocycles. The van der Waals surface area contributed by atoms with Crippen LogP contribution in [0.15, 0.2) is 359 Å². The molecule has 1 aliphatic carbocycles. The molecule has 11 heterocycles. The number of hydrogen-bond donors (Lipinski definition) is 0. The quantitative estimate of drug-likeness (QED) is 0.177. The van der Waals surface area contributed by atoms with Gasteiger partial charge < -0.3 is 27.0 Å². The number of para-hydroxylation sites is 4. The van der Waals surface area contributed by atoms with Crippen LogP contribution in [-0.4, -0.2) is 13.7 Å². The van der Waals surface area contributed by atoms with Crippen molar-refractivity contribution in [3.63, 3.8) is 0 Å². The summed E-state index contributed by atoms with van der Waals surface area (Å²) in [6.07, 6.45) is 1.03. The van der Waals surface area contributed by atoms with E-state index in [0.717, 1.165) is 83.6 Å². The van der Waals surface area contributed by atoms with Gasteiger partial charge in [0.15, 0.2) is 0 Å². The summed E-state index contributed by atoms with van der Waals surface area (Å²) in [6.45, 7) is 0. The summed E-state index contributed by atoms with van der Waals surface area (Å²) in [7, 11) is 0. The molecule has 0 saturated carbocycles. The Bertz CT molecular complexity index is 9220. The van der Waals surface area contributed by atoms with Crippen molar-refractivity contribution in [1.29, 1.82) is 0 Å². The first kappa shape index (κ1) is 65.9. The zero-order chi connectivity index (χ0) is 77.8. The van der Waals surface area contributed by atoms with Gasteiger partial charge in [-0.25, -0.2) is 0 Å². The molecular formula is C109H59N3O3S5. The molecule has 0 spiro atoms. The zero-order valence-electron chi connectivity index (χ0n) is 63.7.